The van der Waals surface area contributed by atoms with E-state index in [0.717, 1.165) is 19.3 Å². The first-order valence-electron chi connectivity index (χ1n) is 9.04. The lowest BCUT2D eigenvalue weighted by Gasteiger charge is -2.32. The molecule has 1 aliphatic rings. The summed E-state index contributed by atoms with van der Waals surface area (Å²) in [7, 11) is 1.75. The summed E-state index contributed by atoms with van der Waals surface area (Å²) in [4.78, 5) is 26.5. The molecule has 5 nitrogen and oxygen atoms in total. The molecule has 0 heterocycles. The van der Waals surface area contributed by atoms with Crippen LogP contribution in [0.1, 0.15) is 39.5 Å². The number of nitrogens with one attached hydrogen (secondary N) is 2. The number of amides is 2. The molecule has 2 amide bonds. The van der Waals surface area contributed by atoms with Gasteiger partial charge in [0.15, 0.2) is 0 Å². The summed E-state index contributed by atoms with van der Waals surface area (Å²) in [5, 5.41) is 6.61. The Morgan fingerprint density at radius 2 is 1.85 bits per heavy atom. The Labute approximate surface area is 165 Å². The normalized spacial score (nSPS) is 21.3. The predicted octanol–water partition coefficient (Wildman–Crippen LogP) is 3.95. The Balaban J connectivity index is 1.88. The van der Waals surface area contributed by atoms with E-state index in [4.69, 9.17) is 23.2 Å². The van der Waals surface area contributed by atoms with Crippen LogP contribution in [0.5, 0.6) is 0 Å². The highest BCUT2D eigenvalue weighted by Gasteiger charge is 2.27. The molecule has 0 aromatic heterocycles. The van der Waals surface area contributed by atoms with Gasteiger partial charge in [-0.3, -0.25) is 14.5 Å². The molecular formula is C19H27Cl2N3O2. The number of hydrogen-bond donors (Lipinski definition) is 2. The van der Waals surface area contributed by atoms with E-state index in [2.05, 4.69) is 17.6 Å². The van der Waals surface area contributed by atoms with Crippen LogP contribution < -0.4 is 10.6 Å². The highest BCUT2D eigenvalue weighted by molar-refractivity contribution is 6.39. The first-order valence-corrected chi connectivity index (χ1v) is 9.79. The number of likely N-dealkylation sites (N-methyl/N-ethyl adjacent to an activating group) is 1. The molecular weight excluding hydrogens is 373 g/mol. The van der Waals surface area contributed by atoms with Crippen LogP contribution in [0.25, 0.3) is 0 Å². The zero-order valence-corrected chi connectivity index (χ0v) is 17.0. The van der Waals surface area contributed by atoms with Crippen LogP contribution in [0.4, 0.5) is 5.69 Å². The van der Waals surface area contributed by atoms with Gasteiger partial charge < -0.3 is 10.6 Å². The number of carbonyl (C=O) groups is 2. The molecule has 1 aromatic carbocycles. The zero-order valence-electron chi connectivity index (χ0n) is 15.5. The molecule has 1 fully saturated rings. The summed E-state index contributed by atoms with van der Waals surface area (Å²) < 4.78 is 0. The largest absolute Gasteiger partial charge is 0.352 e. The molecule has 1 aliphatic carbocycles. The minimum Gasteiger partial charge on any atom is -0.352 e. The van der Waals surface area contributed by atoms with Crippen molar-refractivity contribution >= 4 is 40.7 Å². The molecule has 26 heavy (non-hydrogen) atoms. The maximum absolute atomic E-state index is 12.5. The van der Waals surface area contributed by atoms with Crippen molar-refractivity contribution in [2.24, 2.45) is 5.92 Å². The number of halogens is 2. The van der Waals surface area contributed by atoms with E-state index < -0.39 is 6.04 Å². The Hall–Kier alpha value is -1.30. The van der Waals surface area contributed by atoms with Crippen LogP contribution in [-0.4, -0.2) is 42.4 Å². The highest BCUT2D eigenvalue weighted by atomic mass is 35.5. The van der Waals surface area contributed by atoms with Gasteiger partial charge in [0.2, 0.25) is 11.8 Å². The quantitative estimate of drug-likeness (QED) is 0.760. The fourth-order valence-electron chi connectivity index (χ4n) is 3.19. The summed E-state index contributed by atoms with van der Waals surface area (Å²) in [5.74, 6) is 0.180. The van der Waals surface area contributed by atoms with Gasteiger partial charge in [-0.25, -0.2) is 0 Å². The van der Waals surface area contributed by atoms with Crippen molar-refractivity contribution in [2.75, 3.05) is 18.9 Å². The second-order valence-corrected chi connectivity index (χ2v) is 7.93. The topological polar surface area (TPSA) is 61.4 Å². The van der Waals surface area contributed by atoms with Crippen LogP contribution >= 0.6 is 23.2 Å². The predicted molar refractivity (Wildman–Crippen MR) is 107 cm³/mol. The molecule has 0 spiro atoms. The summed E-state index contributed by atoms with van der Waals surface area (Å²) in [6.07, 6.45) is 4.55. The molecule has 2 rings (SSSR count). The molecule has 3 atom stereocenters. The number of para-hydroxylation sites is 1. The maximum Gasteiger partial charge on any atom is 0.238 e. The number of benzene rings is 1. The molecule has 1 saturated carbocycles. The number of hydrogen-bond acceptors (Lipinski definition) is 3. The lowest BCUT2D eigenvalue weighted by molar-refractivity contribution is -0.127. The van der Waals surface area contributed by atoms with Crippen molar-refractivity contribution in [1.82, 2.24) is 10.2 Å². The lowest BCUT2D eigenvalue weighted by atomic mass is 9.86. The number of nitrogens with zero attached hydrogens (tertiary/aromatic N) is 1. The van der Waals surface area contributed by atoms with Gasteiger partial charge in [0, 0.05) is 6.04 Å². The van der Waals surface area contributed by atoms with Crippen molar-refractivity contribution in [2.45, 2.75) is 51.6 Å². The van der Waals surface area contributed by atoms with Crippen molar-refractivity contribution in [1.29, 1.82) is 0 Å². The van der Waals surface area contributed by atoms with Gasteiger partial charge in [0.25, 0.3) is 0 Å². The molecule has 144 valence electrons. The lowest BCUT2D eigenvalue weighted by Crippen LogP contribution is -2.50. The van der Waals surface area contributed by atoms with E-state index in [1.807, 2.05) is 0 Å². The van der Waals surface area contributed by atoms with Gasteiger partial charge in [0.1, 0.15) is 0 Å². The van der Waals surface area contributed by atoms with E-state index >= 15 is 0 Å². The standard InChI is InChI=1S/C19H27Cl2N3O2/c1-12-7-4-5-10-16(12)22-19(26)13(2)24(3)11-17(25)23-18-14(20)8-6-9-15(18)21/h6,8-9,12-13,16H,4-5,7,10-11H2,1-3H3,(H,22,26)(H,23,25)/t12-,13+,16+/m0/s1. The second kappa shape index (κ2) is 9.58. The molecule has 0 aliphatic heterocycles. The molecule has 2 N–H and O–H groups in total. The summed E-state index contributed by atoms with van der Waals surface area (Å²) in [5.41, 5.74) is 0.391. The molecule has 0 bridgehead atoms. The SMILES string of the molecule is C[C@H](C(=O)N[C@@H]1CCCC[C@@H]1C)N(C)CC(=O)Nc1c(Cl)cccc1Cl. The second-order valence-electron chi connectivity index (χ2n) is 7.11. The van der Waals surface area contributed by atoms with E-state index in [1.54, 1.807) is 37.1 Å². The van der Waals surface area contributed by atoms with E-state index in [9.17, 15) is 9.59 Å². The number of rotatable bonds is 6. The summed E-state index contributed by atoms with van der Waals surface area (Å²) in [6.45, 7) is 4.05. The Bertz CT molecular complexity index is 633. The first-order chi connectivity index (χ1) is 12.3. The average Bonchev–Trinajstić information content (AvgIpc) is 2.59. The minimum atomic E-state index is -0.406. The van der Waals surface area contributed by atoms with E-state index in [0.29, 0.717) is 21.7 Å². The monoisotopic (exact) mass is 399 g/mol. The Morgan fingerprint density at radius 3 is 2.46 bits per heavy atom. The molecule has 1 aromatic rings. The van der Waals surface area contributed by atoms with Crippen LogP contribution in [-0.2, 0) is 9.59 Å². The molecule has 0 saturated heterocycles. The molecule has 0 radical (unpaired) electrons. The van der Waals surface area contributed by atoms with Gasteiger partial charge in [0.05, 0.1) is 28.3 Å². The van der Waals surface area contributed by atoms with Gasteiger partial charge in [-0.1, -0.05) is 49.0 Å². The molecule has 7 heteroatoms. The van der Waals surface area contributed by atoms with E-state index in [1.165, 1.54) is 6.42 Å². The third-order valence-corrected chi connectivity index (χ3v) is 5.73. The van der Waals surface area contributed by atoms with Crippen LogP contribution in [0.2, 0.25) is 10.0 Å². The van der Waals surface area contributed by atoms with Crippen molar-refractivity contribution in [3.05, 3.63) is 28.2 Å². The van der Waals surface area contributed by atoms with Crippen LogP contribution in [0, 0.1) is 5.92 Å². The Kier molecular flexibility index (Phi) is 7.74. The third-order valence-electron chi connectivity index (χ3n) is 5.10. The van der Waals surface area contributed by atoms with Crippen LogP contribution in [0.15, 0.2) is 18.2 Å². The summed E-state index contributed by atoms with van der Waals surface area (Å²) in [6, 6.07) is 4.85. The first kappa shape index (κ1) is 21.0. The van der Waals surface area contributed by atoms with Crippen molar-refractivity contribution in [3.63, 3.8) is 0 Å². The number of carbonyl (C=O) groups excluding carboxylic acids is 2. The van der Waals surface area contributed by atoms with Crippen LogP contribution in [0.3, 0.4) is 0 Å². The zero-order chi connectivity index (χ0) is 19.3. The highest BCUT2D eigenvalue weighted by Crippen LogP contribution is 2.29. The summed E-state index contributed by atoms with van der Waals surface area (Å²) >= 11 is 12.1. The average molecular weight is 400 g/mol. The molecule has 0 unspecified atom stereocenters. The van der Waals surface area contributed by atoms with Gasteiger partial charge in [-0.05, 0) is 44.9 Å². The van der Waals surface area contributed by atoms with Crippen molar-refractivity contribution in [3.8, 4) is 0 Å². The van der Waals surface area contributed by atoms with Gasteiger partial charge >= 0.3 is 0 Å². The number of anilines is 1. The smallest absolute Gasteiger partial charge is 0.238 e. The Morgan fingerprint density at radius 1 is 1.23 bits per heavy atom. The van der Waals surface area contributed by atoms with Gasteiger partial charge in [-0.2, -0.15) is 0 Å². The fraction of sp³-hybridized carbons (Fsp3) is 0.579. The maximum atomic E-state index is 12.5. The third kappa shape index (κ3) is 5.60. The van der Waals surface area contributed by atoms with Crippen molar-refractivity contribution < 1.29 is 9.59 Å². The fourth-order valence-corrected chi connectivity index (χ4v) is 3.69. The van der Waals surface area contributed by atoms with E-state index in [-0.39, 0.29) is 24.4 Å². The van der Waals surface area contributed by atoms with Gasteiger partial charge in [-0.15, -0.1) is 0 Å². The minimum absolute atomic E-state index is 0.0465.